The summed E-state index contributed by atoms with van der Waals surface area (Å²) in [5, 5.41) is 2.87. The van der Waals surface area contributed by atoms with E-state index in [2.05, 4.69) is 10.2 Å². The van der Waals surface area contributed by atoms with Crippen molar-refractivity contribution in [3.63, 3.8) is 0 Å². The smallest absolute Gasteiger partial charge is 0.253 e. The maximum absolute atomic E-state index is 12.2. The van der Waals surface area contributed by atoms with Crippen LogP contribution in [0.25, 0.3) is 0 Å². The Morgan fingerprint density at radius 2 is 2.33 bits per heavy atom. The minimum atomic E-state index is -0.0404. The molecule has 0 radical (unpaired) electrons. The minimum absolute atomic E-state index is 0.0404. The minimum Gasteiger partial charge on any atom is -0.399 e. The maximum Gasteiger partial charge on any atom is 0.253 e. The molecule has 1 aromatic carbocycles. The Morgan fingerprint density at radius 1 is 1.52 bits per heavy atom. The summed E-state index contributed by atoms with van der Waals surface area (Å²) in [4.78, 5) is 14.5. The third-order valence-electron chi connectivity index (χ3n) is 3.87. The first-order chi connectivity index (χ1) is 10.2. The van der Waals surface area contributed by atoms with Crippen molar-refractivity contribution in [3.05, 3.63) is 23.8 Å². The van der Waals surface area contributed by atoms with Crippen LogP contribution in [0.3, 0.4) is 0 Å². The van der Waals surface area contributed by atoms with Crippen LogP contribution in [0.15, 0.2) is 18.2 Å². The largest absolute Gasteiger partial charge is 0.399 e. The molecule has 1 aliphatic heterocycles. The van der Waals surface area contributed by atoms with Crippen molar-refractivity contribution in [1.29, 1.82) is 0 Å². The number of hydrogen-bond donors (Lipinski definition) is 2. The highest BCUT2D eigenvalue weighted by Crippen LogP contribution is 2.28. The Bertz CT molecular complexity index is 488. The standard InChI is InChI=1S/C16H25N3O2/c1-3-18-16(20)14-7-6-13(17)9-15(14)19-8-4-5-12(10-19)11-21-2/h6-7,9,12H,3-5,8,10-11,17H2,1-2H3,(H,18,20). The highest BCUT2D eigenvalue weighted by atomic mass is 16.5. The van der Waals surface area contributed by atoms with E-state index in [9.17, 15) is 4.79 Å². The molecule has 21 heavy (non-hydrogen) atoms. The Morgan fingerprint density at radius 3 is 3.05 bits per heavy atom. The zero-order valence-electron chi connectivity index (χ0n) is 12.9. The van der Waals surface area contributed by atoms with Crippen molar-refractivity contribution in [3.8, 4) is 0 Å². The lowest BCUT2D eigenvalue weighted by atomic mass is 9.97. The average molecular weight is 291 g/mol. The Balaban J connectivity index is 2.24. The van der Waals surface area contributed by atoms with E-state index >= 15 is 0 Å². The highest BCUT2D eigenvalue weighted by Gasteiger charge is 2.23. The number of piperidine rings is 1. The van der Waals surface area contributed by atoms with Crippen molar-refractivity contribution >= 4 is 17.3 Å². The van der Waals surface area contributed by atoms with E-state index in [1.165, 1.54) is 6.42 Å². The highest BCUT2D eigenvalue weighted by molar-refractivity contribution is 6.00. The lowest BCUT2D eigenvalue weighted by molar-refractivity contribution is 0.0956. The molecular weight excluding hydrogens is 266 g/mol. The number of nitrogens with one attached hydrogen (secondary N) is 1. The van der Waals surface area contributed by atoms with E-state index in [-0.39, 0.29) is 5.91 Å². The van der Waals surface area contributed by atoms with Crippen LogP contribution in [0.2, 0.25) is 0 Å². The maximum atomic E-state index is 12.2. The first kappa shape index (κ1) is 15.6. The number of amides is 1. The summed E-state index contributed by atoms with van der Waals surface area (Å²) in [7, 11) is 1.74. The number of methoxy groups -OCH3 is 1. The molecule has 0 saturated carbocycles. The third kappa shape index (κ3) is 3.88. The molecule has 5 heteroatoms. The molecule has 1 aliphatic rings. The monoisotopic (exact) mass is 291 g/mol. The molecule has 0 aliphatic carbocycles. The molecule has 116 valence electrons. The quantitative estimate of drug-likeness (QED) is 0.813. The number of anilines is 2. The number of benzene rings is 1. The van der Waals surface area contributed by atoms with Crippen molar-refractivity contribution in [2.75, 3.05) is 44.0 Å². The molecule has 1 fully saturated rings. The number of carbonyl (C=O) groups excluding carboxylic acids is 1. The first-order valence-electron chi connectivity index (χ1n) is 7.57. The van der Waals surface area contributed by atoms with Gasteiger partial charge in [-0.15, -0.1) is 0 Å². The number of ether oxygens (including phenoxy) is 1. The molecule has 0 aromatic heterocycles. The number of nitrogen functional groups attached to an aromatic ring is 1. The number of nitrogens with two attached hydrogens (primary N) is 1. The van der Waals surface area contributed by atoms with Crippen LogP contribution in [-0.4, -0.2) is 39.3 Å². The molecule has 1 heterocycles. The molecule has 1 aromatic rings. The normalized spacial score (nSPS) is 18.6. The molecule has 1 saturated heterocycles. The summed E-state index contributed by atoms with van der Waals surface area (Å²) in [5.41, 5.74) is 8.24. The van der Waals surface area contributed by atoms with Crippen LogP contribution in [0.1, 0.15) is 30.1 Å². The van der Waals surface area contributed by atoms with Crippen molar-refractivity contribution in [1.82, 2.24) is 5.32 Å². The van der Waals surface area contributed by atoms with E-state index in [4.69, 9.17) is 10.5 Å². The zero-order valence-corrected chi connectivity index (χ0v) is 12.9. The van der Waals surface area contributed by atoms with Crippen molar-refractivity contribution in [2.24, 2.45) is 5.92 Å². The van der Waals surface area contributed by atoms with Gasteiger partial charge in [-0.05, 0) is 43.9 Å². The van der Waals surface area contributed by atoms with Gasteiger partial charge in [0.1, 0.15) is 0 Å². The Labute approximate surface area is 126 Å². The summed E-state index contributed by atoms with van der Waals surface area (Å²) in [6, 6.07) is 5.50. The molecule has 0 spiro atoms. The second-order valence-electron chi connectivity index (χ2n) is 5.55. The number of carbonyl (C=O) groups is 1. The van der Waals surface area contributed by atoms with Crippen molar-refractivity contribution < 1.29 is 9.53 Å². The van der Waals surface area contributed by atoms with Gasteiger partial charge in [-0.1, -0.05) is 0 Å². The summed E-state index contributed by atoms with van der Waals surface area (Å²) in [6.07, 6.45) is 2.28. The van der Waals surface area contributed by atoms with E-state index in [0.29, 0.717) is 23.7 Å². The fourth-order valence-corrected chi connectivity index (χ4v) is 2.91. The predicted molar refractivity (Wildman–Crippen MR) is 85.7 cm³/mol. The topological polar surface area (TPSA) is 67.6 Å². The zero-order chi connectivity index (χ0) is 15.2. The fourth-order valence-electron chi connectivity index (χ4n) is 2.91. The Hall–Kier alpha value is -1.75. The van der Waals surface area contributed by atoms with Crippen LogP contribution in [0.5, 0.6) is 0 Å². The molecule has 1 amide bonds. The van der Waals surface area contributed by atoms with E-state index in [0.717, 1.165) is 31.8 Å². The predicted octanol–water partition coefficient (Wildman–Crippen LogP) is 1.88. The van der Waals surface area contributed by atoms with Crippen LogP contribution < -0.4 is 16.0 Å². The Kier molecular flexibility index (Phi) is 5.44. The third-order valence-corrected chi connectivity index (χ3v) is 3.87. The average Bonchev–Trinajstić information content (AvgIpc) is 2.48. The summed E-state index contributed by atoms with van der Waals surface area (Å²) in [5.74, 6) is 0.466. The fraction of sp³-hybridized carbons (Fsp3) is 0.562. The molecule has 2 rings (SSSR count). The van der Waals surface area contributed by atoms with Gasteiger partial charge in [0.05, 0.1) is 17.9 Å². The lowest BCUT2D eigenvalue weighted by Gasteiger charge is -2.35. The number of rotatable bonds is 5. The molecule has 0 bridgehead atoms. The second-order valence-corrected chi connectivity index (χ2v) is 5.55. The first-order valence-corrected chi connectivity index (χ1v) is 7.57. The second kappa shape index (κ2) is 7.31. The van der Waals surface area contributed by atoms with Crippen LogP contribution in [0, 0.1) is 5.92 Å². The van der Waals surface area contributed by atoms with E-state index in [1.54, 1.807) is 13.2 Å². The van der Waals surface area contributed by atoms with E-state index < -0.39 is 0 Å². The van der Waals surface area contributed by atoms with E-state index in [1.807, 2.05) is 19.1 Å². The van der Waals surface area contributed by atoms with Gasteiger partial charge in [0, 0.05) is 32.4 Å². The van der Waals surface area contributed by atoms with Gasteiger partial charge >= 0.3 is 0 Å². The van der Waals surface area contributed by atoms with Crippen molar-refractivity contribution in [2.45, 2.75) is 19.8 Å². The van der Waals surface area contributed by atoms with Gasteiger partial charge in [-0.25, -0.2) is 0 Å². The number of nitrogens with zero attached hydrogens (tertiary/aromatic N) is 1. The summed E-state index contributed by atoms with van der Waals surface area (Å²) >= 11 is 0. The van der Waals surface area contributed by atoms with Crippen LogP contribution in [-0.2, 0) is 4.74 Å². The van der Waals surface area contributed by atoms with Crippen LogP contribution >= 0.6 is 0 Å². The molecule has 1 unspecified atom stereocenters. The molecule has 1 atom stereocenters. The SMILES string of the molecule is CCNC(=O)c1ccc(N)cc1N1CCCC(COC)C1. The van der Waals surface area contributed by atoms with Gasteiger partial charge in [-0.2, -0.15) is 0 Å². The number of hydrogen-bond acceptors (Lipinski definition) is 4. The summed E-state index contributed by atoms with van der Waals surface area (Å²) in [6.45, 7) is 5.16. The lowest BCUT2D eigenvalue weighted by Crippen LogP contribution is -2.38. The molecule has 5 nitrogen and oxygen atoms in total. The van der Waals surface area contributed by atoms with Gasteiger partial charge in [0.25, 0.3) is 5.91 Å². The summed E-state index contributed by atoms with van der Waals surface area (Å²) < 4.78 is 5.27. The van der Waals surface area contributed by atoms with Crippen LogP contribution in [0.4, 0.5) is 11.4 Å². The molecular formula is C16H25N3O2. The van der Waals surface area contributed by atoms with Gasteiger partial charge in [0.2, 0.25) is 0 Å². The van der Waals surface area contributed by atoms with Gasteiger partial charge in [-0.3, -0.25) is 4.79 Å². The van der Waals surface area contributed by atoms with Gasteiger partial charge < -0.3 is 20.7 Å². The van der Waals surface area contributed by atoms with Gasteiger partial charge in [0.15, 0.2) is 0 Å². The molecule has 3 N–H and O–H groups in total.